The summed E-state index contributed by atoms with van der Waals surface area (Å²) < 4.78 is 1.60. The van der Waals surface area contributed by atoms with Crippen LogP contribution >= 0.6 is 0 Å². The number of nitrogens with zero attached hydrogens (tertiary/aromatic N) is 2. The van der Waals surface area contributed by atoms with Crippen molar-refractivity contribution in [3.63, 3.8) is 0 Å². The predicted molar refractivity (Wildman–Crippen MR) is 63.4 cm³/mol. The summed E-state index contributed by atoms with van der Waals surface area (Å²) in [6.07, 6.45) is 0. The number of rotatable bonds is 5. The topological polar surface area (TPSA) is 59.0 Å². The molecule has 1 heterocycles. The largest absolute Gasteiger partial charge is 0.349 e. The van der Waals surface area contributed by atoms with E-state index in [1.54, 1.807) is 17.8 Å². The number of amides is 1. The zero-order chi connectivity index (χ0) is 12.1. The van der Waals surface area contributed by atoms with Crippen molar-refractivity contribution in [2.24, 2.45) is 7.05 Å². The van der Waals surface area contributed by atoms with Crippen LogP contribution < -0.4 is 10.6 Å². The molecule has 5 heteroatoms. The van der Waals surface area contributed by atoms with Gasteiger partial charge in [-0.1, -0.05) is 13.8 Å². The van der Waals surface area contributed by atoms with E-state index in [1.807, 2.05) is 6.92 Å². The Morgan fingerprint density at radius 3 is 2.69 bits per heavy atom. The van der Waals surface area contributed by atoms with Crippen LogP contribution in [0.5, 0.6) is 0 Å². The fourth-order valence-electron chi connectivity index (χ4n) is 1.45. The van der Waals surface area contributed by atoms with Crippen LogP contribution in [-0.2, 0) is 7.05 Å². The predicted octanol–water partition coefficient (Wildman–Crippen LogP) is 0.456. The Labute approximate surface area is 96.2 Å². The zero-order valence-corrected chi connectivity index (χ0v) is 10.4. The van der Waals surface area contributed by atoms with Gasteiger partial charge >= 0.3 is 0 Å². The summed E-state index contributed by atoms with van der Waals surface area (Å²) in [6.45, 7) is 7.43. The van der Waals surface area contributed by atoms with Gasteiger partial charge in [-0.2, -0.15) is 5.10 Å². The molecule has 0 spiro atoms. The van der Waals surface area contributed by atoms with Gasteiger partial charge in [0.25, 0.3) is 5.91 Å². The van der Waals surface area contributed by atoms with Crippen molar-refractivity contribution in [3.05, 3.63) is 17.5 Å². The maximum absolute atomic E-state index is 11.7. The summed E-state index contributed by atoms with van der Waals surface area (Å²) in [7, 11) is 1.77. The van der Waals surface area contributed by atoms with Crippen molar-refractivity contribution in [2.75, 3.05) is 13.1 Å². The van der Waals surface area contributed by atoms with Gasteiger partial charge in [0.15, 0.2) is 0 Å². The molecule has 0 fully saturated rings. The first-order valence-corrected chi connectivity index (χ1v) is 5.53. The second-order valence-electron chi connectivity index (χ2n) is 4.16. The normalized spacial score (nSPS) is 10.8. The lowest BCUT2D eigenvalue weighted by Crippen LogP contribution is -2.35. The second-order valence-corrected chi connectivity index (χ2v) is 4.16. The summed E-state index contributed by atoms with van der Waals surface area (Å²) in [4.78, 5) is 11.7. The lowest BCUT2D eigenvalue weighted by molar-refractivity contribution is 0.0944. The Balaban J connectivity index is 2.38. The van der Waals surface area contributed by atoms with Crippen LogP contribution in [0.2, 0.25) is 0 Å². The number of aryl methyl sites for hydroxylation is 2. The second kappa shape index (κ2) is 5.65. The van der Waals surface area contributed by atoms with E-state index in [-0.39, 0.29) is 5.91 Å². The first-order valence-electron chi connectivity index (χ1n) is 5.53. The lowest BCUT2D eigenvalue weighted by Gasteiger charge is -2.08. The average molecular weight is 224 g/mol. The Morgan fingerprint density at radius 2 is 2.19 bits per heavy atom. The van der Waals surface area contributed by atoms with Crippen LogP contribution in [0.25, 0.3) is 0 Å². The maximum Gasteiger partial charge on any atom is 0.269 e. The Bertz CT molecular complexity index is 357. The van der Waals surface area contributed by atoms with Crippen molar-refractivity contribution >= 4 is 5.91 Å². The number of hydrogen-bond donors (Lipinski definition) is 2. The van der Waals surface area contributed by atoms with Crippen LogP contribution in [0.1, 0.15) is 30.0 Å². The van der Waals surface area contributed by atoms with Gasteiger partial charge < -0.3 is 10.6 Å². The van der Waals surface area contributed by atoms with Gasteiger partial charge in [0.1, 0.15) is 5.69 Å². The molecule has 90 valence electrons. The van der Waals surface area contributed by atoms with Gasteiger partial charge in [-0.25, -0.2) is 0 Å². The molecule has 0 unspecified atom stereocenters. The highest BCUT2D eigenvalue weighted by Crippen LogP contribution is 2.00. The standard InChI is InChI=1S/C11H20N4O/c1-8(2)12-5-6-13-11(16)10-7-9(3)14-15(10)4/h7-8,12H,5-6H2,1-4H3,(H,13,16). The third-order valence-electron chi connectivity index (χ3n) is 2.20. The van der Waals surface area contributed by atoms with E-state index >= 15 is 0 Å². The third-order valence-corrected chi connectivity index (χ3v) is 2.20. The van der Waals surface area contributed by atoms with Gasteiger partial charge in [0.05, 0.1) is 5.69 Å². The molecule has 0 aliphatic carbocycles. The van der Waals surface area contributed by atoms with Crippen molar-refractivity contribution in [1.82, 2.24) is 20.4 Å². The molecule has 16 heavy (non-hydrogen) atoms. The molecule has 5 nitrogen and oxygen atoms in total. The molecule has 2 N–H and O–H groups in total. The van der Waals surface area contributed by atoms with Crippen LogP contribution in [0.15, 0.2) is 6.07 Å². The summed E-state index contributed by atoms with van der Waals surface area (Å²) >= 11 is 0. The van der Waals surface area contributed by atoms with Gasteiger partial charge in [-0.15, -0.1) is 0 Å². The zero-order valence-electron chi connectivity index (χ0n) is 10.4. The van der Waals surface area contributed by atoms with Gasteiger partial charge in [-0.3, -0.25) is 9.48 Å². The molecule has 0 atom stereocenters. The Hall–Kier alpha value is -1.36. The number of carbonyl (C=O) groups excluding carboxylic acids is 1. The van der Waals surface area contributed by atoms with E-state index < -0.39 is 0 Å². The number of nitrogens with one attached hydrogen (secondary N) is 2. The van der Waals surface area contributed by atoms with Gasteiger partial charge in [0, 0.05) is 26.2 Å². The molecule has 0 aliphatic rings. The van der Waals surface area contributed by atoms with Crippen molar-refractivity contribution in [3.8, 4) is 0 Å². The highest BCUT2D eigenvalue weighted by molar-refractivity contribution is 5.92. The molecule has 0 radical (unpaired) electrons. The molecular weight excluding hydrogens is 204 g/mol. The quantitative estimate of drug-likeness (QED) is 0.714. The fourth-order valence-corrected chi connectivity index (χ4v) is 1.45. The summed E-state index contributed by atoms with van der Waals surface area (Å²) in [6, 6.07) is 2.22. The van der Waals surface area contributed by atoms with Crippen LogP contribution in [-0.4, -0.2) is 34.8 Å². The highest BCUT2D eigenvalue weighted by atomic mass is 16.2. The summed E-state index contributed by atoms with van der Waals surface area (Å²) in [5.74, 6) is -0.0753. The minimum absolute atomic E-state index is 0.0753. The van der Waals surface area contributed by atoms with Crippen LogP contribution in [0.4, 0.5) is 0 Å². The highest BCUT2D eigenvalue weighted by Gasteiger charge is 2.10. The fraction of sp³-hybridized carbons (Fsp3) is 0.636. The molecule has 1 amide bonds. The maximum atomic E-state index is 11.7. The van der Waals surface area contributed by atoms with Crippen LogP contribution in [0.3, 0.4) is 0 Å². The monoisotopic (exact) mass is 224 g/mol. The molecule has 0 saturated heterocycles. The number of aromatic nitrogens is 2. The average Bonchev–Trinajstić information content (AvgIpc) is 2.52. The minimum Gasteiger partial charge on any atom is -0.349 e. The van der Waals surface area contributed by atoms with Crippen molar-refractivity contribution in [1.29, 1.82) is 0 Å². The Morgan fingerprint density at radius 1 is 1.50 bits per heavy atom. The van der Waals surface area contributed by atoms with E-state index in [9.17, 15) is 4.79 Å². The molecule has 1 aromatic rings. The van der Waals surface area contributed by atoms with Crippen molar-refractivity contribution in [2.45, 2.75) is 26.8 Å². The first-order chi connectivity index (χ1) is 7.50. The Kier molecular flexibility index (Phi) is 4.49. The van der Waals surface area contributed by atoms with Crippen LogP contribution in [0, 0.1) is 6.92 Å². The summed E-state index contributed by atoms with van der Waals surface area (Å²) in [5, 5.41) is 10.2. The molecule has 1 rings (SSSR count). The van der Waals surface area contributed by atoms with E-state index in [0.717, 1.165) is 12.2 Å². The molecule has 0 aliphatic heterocycles. The van der Waals surface area contributed by atoms with Gasteiger partial charge in [-0.05, 0) is 13.0 Å². The molecule has 0 saturated carbocycles. The van der Waals surface area contributed by atoms with Gasteiger partial charge in [0.2, 0.25) is 0 Å². The van der Waals surface area contributed by atoms with E-state index in [1.165, 1.54) is 0 Å². The third kappa shape index (κ3) is 3.66. The van der Waals surface area contributed by atoms with E-state index in [0.29, 0.717) is 18.3 Å². The first kappa shape index (κ1) is 12.7. The number of hydrogen-bond acceptors (Lipinski definition) is 3. The molecule has 0 bridgehead atoms. The SMILES string of the molecule is Cc1cc(C(=O)NCCNC(C)C)n(C)n1. The minimum atomic E-state index is -0.0753. The lowest BCUT2D eigenvalue weighted by atomic mass is 10.3. The summed E-state index contributed by atoms with van der Waals surface area (Å²) in [5.41, 5.74) is 1.45. The molecular formula is C11H20N4O. The van der Waals surface area contributed by atoms with E-state index in [4.69, 9.17) is 0 Å². The molecule has 1 aromatic heterocycles. The molecule has 0 aromatic carbocycles. The smallest absolute Gasteiger partial charge is 0.269 e. The van der Waals surface area contributed by atoms with Crippen molar-refractivity contribution < 1.29 is 4.79 Å². The van der Waals surface area contributed by atoms with E-state index in [2.05, 4.69) is 29.6 Å². The number of carbonyl (C=O) groups is 1.